The number of amides is 1. The van der Waals surface area contributed by atoms with E-state index in [1.54, 1.807) is 23.4 Å². The van der Waals surface area contributed by atoms with Crippen LogP contribution in [0.25, 0.3) is 10.2 Å². The van der Waals surface area contributed by atoms with E-state index < -0.39 is 0 Å². The molecule has 0 N–H and O–H groups in total. The lowest BCUT2D eigenvalue weighted by Crippen LogP contribution is -2.35. The average molecular weight is 426 g/mol. The van der Waals surface area contributed by atoms with Gasteiger partial charge in [-0.05, 0) is 29.9 Å². The first-order valence-electron chi connectivity index (χ1n) is 9.49. The third-order valence-electron chi connectivity index (χ3n) is 5.22. The molecule has 0 saturated carbocycles. The van der Waals surface area contributed by atoms with Gasteiger partial charge in [-0.3, -0.25) is 14.2 Å². The lowest BCUT2D eigenvalue weighted by atomic mass is 10.1. The van der Waals surface area contributed by atoms with Crippen LogP contribution in [-0.2, 0) is 26.1 Å². The van der Waals surface area contributed by atoms with Crippen molar-refractivity contribution in [2.45, 2.75) is 32.5 Å². The zero-order valence-corrected chi connectivity index (χ0v) is 17.3. The number of thiophene rings is 2. The van der Waals surface area contributed by atoms with Crippen LogP contribution >= 0.6 is 22.7 Å². The average Bonchev–Trinajstić information content (AvgIpc) is 3.49. The molecule has 7 nitrogen and oxygen atoms in total. The van der Waals surface area contributed by atoms with Gasteiger partial charge in [-0.15, -0.1) is 22.7 Å². The SMILES string of the molecule is O=C(c1cccs1)N1CCc2c(sc3ncn(CCCn4ccnc4)c(=O)c23)C1. The summed E-state index contributed by atoms with van der Waals surface area (Å²) in [5, 5.41) is 2.65. The Bertz CT molecular complexity index is 1210. The molecule has 5 heterocycles. The zero-order valence-electron chi connectivity index (χ0n) is 15.7. The summed E-state index contributed by atoms with van der Waals surface area (Å²) in [7, 11) is 0. The van der Waals surface area contributed by atoms with E-state index in [1.807, 2.05) is 33.2 Å². The van der Waals surface area contributed by atoms with Crippen molar-refractivity contribution >= 4 is 38.8 Å². The van der Waals surface area contributed by atoms with E-state index >= 15 is 0 Å². The Morgan fingerprint density at radius 2 is 2.17 bits per heavy atom. The number of carbonyl (C=O) groups excluding carboxylic acids is 1. The van der Waals surface area contributed by atoms with Crippen LogP contribution in [0.3, 0.4) is 0 Å². The summed E-state index contributed by atoms with van der Waals surface area (Å²) in [5.74, 6) is 0.0629. The van der Waals surface area contributed by atoms with Gasteiger partial charge >= 0.3 is 0 Å². The molecule has 1 amide bonds. The predicted molar refractivity (Wildman–Crippen MR) is 113 cm³/mol. The highest BCUT2D eigenvalue weighted by Gasteiger charge is 2.27. The van der Waals surface area contributed by atoms with Gasteiger partial charge in [-0.2, -0.15) is 0 Å². The second-order valence-electron chi connectivity index (χ2n) is 7.04. The first-order valence-corrected chi connectivity index (χ1v) is 11.2. The van der Waals surface area contributed by atoms with E-state index in [0.29, 0.717) is 26.1 Å². The molecular weight excluding hydrogens is 406 g/mol. The fraction of sp³-hybridized carbons (Fsp3) is 0.300. The number of rotatable bonds is 5. The number of carbonyl (C=O) groups is 1. The monoisotopic (exact) mass is 425 g/mol. The standard InChI is InChI=1S/C20H19N5O2S2/c26-19(15-3-1-10-28-15)24-8-4-14-16(11-24)29-18-17(14)20(27)25(13-22-18)7-2-6-23-9-5-21-12-23/h1,3,5,9-10,12-13H,2,4,6-8,11H2. The summed E-state index contributed by atoms with van der Waals surface area (Å²) in [4.78, 5) is 38.8. The minimum absolute atomic E-state index is 0.0242. The molecule has 0 aromatic carbocycles. The Kier molecular flexibility index (Phi) is 4.76. The topological polar surface area (TPSA) is 73.0 Å². The van der Waals surface area contributed by atoms with Gasteiger partial charge in [0.1, 0.15) is 4.83 Å². The largest absolute Gasteiger partial charge is 0.337 e. The van der Waals surface area contributed by atoms with Gasteiger partial charge in [0.25, 0.3) is 11.5 Å². The molecule has 0 spiro atoms. The molecule has 0 bridgehead atoms. The molecule has 0 unspecified atom stereocenters. The molecule has 0 radical (unpaired) electrons. The highest BCUT2D eigenvalue weighted by molar-refractivity contribution is 7.18. The fourth-order valence-corrected chi connectivity index (χ4v) is 5.63. The maximum absolute atomic E-state index is 13.1. The third-order valence-corrected chi connectivity index (χ3v) is 7.20. The van der Waals surface area contributed by atoms with E-state index in [-0.39, 0.29) is 11.5 Å². The van der Waals surface area contributed by atoms with Crippen LogP contribution in [0.4, 0.5) is 0 Å². The van der Waals surface area contributed by atoms with Gasteiger partial charge < -0.3 is 9.47 Å². The summed E-state index contributed by atoms with van der Waals surface area (Å²) < 4.78 is 3.71. The van der Waals surface area contributed by atoms with E-state index in [1.165, 1.54) is 22.7 Å². The first-order chi connectivity index (χ1) is 14.2. The van der Waals surface area contributed by atoms with Gasteiger partial charge in [-0.1, -0.05) is 6.07 Å². The lowest BCUT2D eigenvalue weighted by Gasteiger charge is -2.26. The van der Waals surface area contributed by atoms with Crippen molar-refractivity contribution in [3.05, 3.63) is 68.2 Å². The van der Waals surface area contributed by atoms with Crippen molar-refractivity contribution in [3.8, 4) is 0 Å². The van der Waals surface area contributed by atoms with E-state index in [4.69, 9.17) is 0 Å². The Morgan fingerprint density at radius 1 is 1.24 bits per heavy atom. The van der Waals surface area contributed by atoms with Gasteiger partial charge in [0.2, 0.25) is 0 Å². The first kappa shape index (κ1) is 18.3. The minimum atomic E-state index is 0.0242. The third kappa shape index (κ3) is 3.40. The summed E-state index contributed by atoms with van der Waals surface area (Å²) in [5.41, 5.74) is 1.10. The normalized spacial score (nSPS) is 13.7. The maximum Gasteiger partial charge on any atom is 0.264 e. The van der Waals surface area contributed by atoms with Crippen molar-refractivity contribution in [1.82, 2.24) is 24.0 Å². The van der Waals surface area contributed by atoms with Crippen LogP contribution < -0.4 is 5.56 Å². The maximum atomic E-state index is 13.1. The molecule has 4 aromatic rings. The van der Waals surface area contributed by atoms with Crippen molar-refractivity contribution in [3.63, 3.8) is 0 Å². The van der Waals surface area contributed by atoms with Crippen molar-refractivity contribution in [2.75, 3.05) is 6.54 Å². The van der Waals surface area contributed by atoms with Gasteiger partial charge in [0, 0.05) is 36.9 Å². The van der Waals surface area contributed by atoms with Gasteiger partial charge in [-0.25, -0.2) is 9.97 Å². The molecule has 0 saturated heterocycles. The Morgan fingerprint density at radius 3 is 2.97 bits per heavy atom. The van der Waals surface area contributed by atoms with Crippen molar-refractivity contribution in [1.29, 1.82) is 0 Å². The number of aryl methyl sites for hydroxylation is 2. The molecule has 0 atom stereocenters. The van der Waals surface area contributed by atoms with Crippen LogP contribution in [0, 0.1) is 0 Å². The molecule has 1 aliphatic heterocycles. The van der Waals surface area contributed by atoms with Crippen LogP contribution in [0.2, 0.25) is 0 Å². The fourth-order valence-electron chi connectivity index (χ4n) is 3.75. The molecule has 0 fully saturated rings. The number of imidazole rings is 1. The highest BCUT2D eigenvalue weighted by atomic mass is 32.1. The lowest BCUT2D eigenvalue weighted by molar-refractivity contribution is 0.0742. The second-order valence-corrected chi connectivity index (χ2v) is 9.07. The summed E-state index contributed by atoms with van der Waals surface area (Å²) in [6, 6.07) is 3.75. The summed E-state index contributed by atoms with van der Waals surface area (Å²) in [6.45, 7) is 2.61. The molecule has 148 valence electrons. The number of hydrogen-bond acceptors (Lipinski definition) is 6. The molecule has 1 aliphatic rings. The van der Waals surface area contributed by atoms with Crippen LogP contribution in [0.5, 0.6) is 0 Å². The van der Waals surface area contributed by atoms with E-state index in [0.717, 1.165) is 38.5 Å². The van der Waals surface area contributed by atoms with Crippen molar-refractivity contribution in [2.24, 2.45) is 0 Å². The molecular formula is C20H19N5O2S2. The van der Waals surface area contributed by atoms with Gasteiger partial charge in [0.05, 0.1) is 29.5 Å². The highest BCUT2D eigenvalue weighted by Crippen LogP contribution is 2.33. The summed E-state index contributed by atoms with van der Waals surface area (Å²) in [6.07, 6.45) is 8.63. The Hall–Kier alpha value is -2.78. The second kappa shape index (κ2) is 7.57. The van der Waals surface area contributed by atoms with Crippen LogP contribution in [0.1, 0.15) is 26.5 Å². The number of nitrogens with zero attached hydrogens (tertiary/aromatic N) is 5. The summed E-state index contributed by atoms with van der Waals surface area (Å²) >= 11 is 3.00. The zero-order chi connectivity index (χ0) is 19.8. The molecule has 9 heteroatoms. The minimum Gasteiger partial charge on any atom is -0.337 e. The van der Waals surface area contributed by atoms with Crippen molar-refractivity contribution < 1.29 is 4.79 Å². The van der Waals surface area contributed by atoms with Gasteiger partial charge in [0.15, 0.2) is 0 Å². The van der Waals surface area contributed by atoms with Crippen LogP contribution in [-0.4, -0.2) is 36.5 Å². The molecule has 29 heavy (non-hydrogen) atoms. The Labute approximate surface area is 174 Å². The molecule has 0 aliphatic carbocycles. The molecule has 4 aromatic heterocycles. The smallest absolute Gasteiger partial charge is 0.264 e. The Balaban J connectivity index is 1.38. The van der Waals surface area contributed by atoms with E-state index in [2.05, 4.69) is 9.97 Å². The number of hydrogen-bond donors (Lipinski definition) is 0. The number of fused-ring (bicyclic) bond motifs is 3. The molecule has 5 rings (SSSR count). The van der Waals surface area contributed by atoms with E-state index in [9.17, 15) is 9.59 Å². The predicted octanol–water partition coefficient (Wildman–Crippen LogP) is 3.00. The number of aromatic nitrogens is 4. The quantitative estimate of drug-likeness (QED) is 0.493. The van der Waals surface area contributed by atoms with Crippen LogP contribution in [0.15, 0.2) is 47.4 Å².